The Balaban J connectivity index is 1.46. The van der Waals surface area contributed by atoms with Gasteiger partial charge in [0.25, 0.3) is 10.0 Å². The van der Waals surface area contributed by atoms with Gasteiger partial charge in [0.1, 0.15) is 6.54 Å². The first-order chi connectivity index (χ1) is 15.9. The zero-order valence-electron chi connectivity index (χ0n) is 18.8. The summed E-state index contributed by atoms with van der Waals surface area (Å²) < 4.78 is 27.8. The van der Waals surface area contributed by atoms with Gasteiger partial charge < -0.3 is 10.2 Å². The van der Waals surface area contributed by atoms with Crippen LogP contribution in [-0.2, 0) is 21.4 Å². The fourth-order valence-corrected chi connectivity index (χ4v) is 5.37. The van der Waals surface area contributed by atoms with E-state index in [0.717, 1.165) is 28.5 Å². The smallest absolute Gasteiger partial charge is 0.264 e. The number of benzene rings is 3. The summed E-state index contributed by atoms with van der Waals surface area (Å²) in [5, 5.41) is 2.86. The Kier molecular flexibility index (Phi) is 6.99. The van der Waals surface area contributed by atoms with E-state index in [-0.39, 0.29) is 17.3 Å². The first-order valence-corrected chi connectivity index (χ1v) is 12.6. The lowest BCUT2D eigenvalue weighted by molar-refractivity contribution is -0.119. The molecule has 1 aliphatic heterocycles. The lowest BCUT2D eigenvalue weighted by Crippen LogP contribution is -2.40. The maximum atomic E-state index is 13.3. The van der Waals surface area contributed by atoms with Crippen LogP contribution in [0.15, 0.2) is 83.8 Å². The van der Waals surface area contributed by atoms with Crippen LogP contribution in [0.4, 0.5) is 11.4 Å². The number of hydrogen-bond donors (Lipinski definition) is 1. The molecular weight excluding hydrogens is 434 g/mol. The molecule has 1 aliphatic rings. The molecule has 3 aromatic rings. The number of anilines is 2. The SMILES string of the molecule is Cc1ccc(N(CC(=O)NCc2ccc(N3CCCC3)cc2)S(=O)(=O)c2ccccc2)cc1. The van der Waals surface area contributed by atoms with Crippen LogP contribution in [0, 0.1) is 6.92 Å². The Labute approximate surface area is 195 Å². The van der Waals surface area contributed by atoms with Crippen LogP contribution < -0.4 is 14.5 Å². The molecular formula is C26H29N3O3S. The van der Waals surface area contributed by atoms with Crippen molar-refractivity contribution < 1.29 is 13.2 Å². The van der Waals surface area contributed by atoms with Gasteiger partial charge in [0.2, 0.25) is 5.91 Å². The van der Waals surface area contributed by atoms with Crippen LogP contribution in [0.5, 0.6) is 0 Å². The van der Waals surface area contributed by atoms with Crippen molar-refractivity contribution in [2.45, 2.75) is 31.2 Å². The van der Waals surface area contributed by atoms with E-state index in [0.29, 0.717) is 12.2 Å². The number of carbonyl (C=O) groups excluding carboxylic acids is 1. The van der Waals surface area contributed by atoms with Crippen LogP contribution in [0.2, 0.25) is 0 Å². The molecule has 0 atom stereocenters. The summed E-state index contributed by atoms with van der Waals surface area (Å²) >= 11 is 0. The number of carbonyl (C=O) groups is 1. The molecule has 0 radical (unpaired) electrons. The van der Waals surface area contributed by atoms with E-state index in [1.54, 1.807) is 30.3 Å². The minimum absolute atomic E-state index is 0.149. The van der Waals surface area contributed by atoms with Gasteiger partial charge in [-0.25, -0.2) is 8.42 Å². The van der Waals surface area contributed by atoms with Crippen LogP contribution in [0.25, 0.3) is 0 Å². The predicted octanol–water partition coefficient (Wildman–Crippen LogP) is 4.11. The average molecular weight is 464 g/mol. The van der Waals surface area contributed by atoms with Crippen molar-refractivity contribution in [3.05, 3.63) is 90.0 Å². The molecule has 1 amide bonds. The number of nitrogens with zero attached hydrogens (tertiary/aromatic N) is 2. The van der Waals surface area contributed by atoms with E-state index in [1.165, 1.54) is 30.7 Å². The van der Waals surface area contributed by atoms with Gasteiger partial charge in [-0.05, 0) is 61.7 Å². The molecule has 0 saturated carbocycles. The van der Waals surface area contributed by atoms with E-state index < -0.39 is 10.0 Å². The topological polar surface area (TPSA) is 69.7 Å². The summed E-state index contributed by atoms with van der Waals surface area (Å²) in [6, 6.07) is 23.5. The fourth-order valence-electron chi connectivity index (χ4n) is 3.93. The molecule has 0 unspecified atom stereocenters. The highest BCUT2D eigenvalue weighted by Crippen LogP contribution is 2.24. The van der Waals surface area contributed by atoms with Crippen molar-refractivity contribution in [1.82, 2.24) is 5.32 Å². The van der Waals surface area contributed by atoms with Gasteiger partial charge in [0.15, 0.2) is 0 Å². The van der Waals surface area contributed by atoms with E-state index in [4.69, 9.17) is 0 Å². The summed E-state index contributed by atoms with van der Waals surface area (Å²) in [5.41, 5.74) is 3.63. The zero-order chi connectivity index (χ0) is 23.3. The first kappa shape index (κ1) is 22.9. The highest BCUT2D eigenvalue weighted by atomic mass is 32.2. The number of amides is 1. The normalized spacial score (nSPS) is 13.7. The second kappa shape index (κ2) is 10.1. The summed E-state index contributed by atoms with van der Waals surface area (Å²) in [4.78, 5) is 15.3. The molecule has 7 heteroatoms. The summed E-state index contributed by atoms with van der Waals surface area (Å²) in [7, 11) is -3.89. The van der Waals surface area contributed by atoms with E-state index in [2.05, 4.69) is 22.3 Å². The Bertz CT molecular complexity index is 1170. The maximum absolute atomic E-state index is 13.3. The molecule has 0 bridgehead atoms. The van der Waals surface area contributed by atoms with Gasteiger partial charge in [-0.2, -0.15) is 0 Å². The highest BCUT2D eigenvalue weighted by molar-refractivity contribution is 7.92. The average Bonchev–Trinajstić information content (AvgIpc) is 3.38. The maximum Gasteiger partial charge on any atom is 0.264 e. The van der Waals surface area contributed by atoms with Crippen molar-refractivity contribution >= 4 is 27.3 Å². The second-order valence-corrected chi connectivity index (χ2v) is 10.2. The zero-order valence-corrected chi connectivity index (χ0v) is 19.6. The summed E-state index contributed by atoms with van der Waals surface area (Å²) in [6.07, 6.45) is 2.45. The summed E-state index contributed by atoms with van der Waals surface area (Å²) in [5.74, 6) is -0.362. The molecule has 33 heavy (non-hydrogen) atoms. The molecule has 1 heterocycles. The second-order valence-electron chi connectivity index (χ2n) is 8.30. The van der Waals surface area contributed by atoms with Crippen molar-refractivity contribution in [2.24, 2.45) is 0 Å². The molecule has 0 aliphatic carbocycles. The number of nitrogens with one attached hydrogen (secondary N) is 1. The van der Waals surface area contributed by atoms with Gasteiger partial charge in [-0.3, -0.25) is 9.10 Å². The monoisotopic (exact) mass is 463 g/mol. The Morgan fingerprint density at radius 3 is 2.18 bits per heavy atom. The predicted molar refractivity (Wildman–Crippen MR) is 132 cm³/mol. The molecule has 0 aromatic heterocycles. The Morgan fingerprint density at radius 1 is 0.909 bits per heavy atom. The van der Waals surface area contributed by atoms with Gasteiger partial charge in [-0.15, -0.1) is 0 Å². The molecule has 6 nitrogen and oxygen atoms in total. The van der Waals surface area contributed by atoms with E-state index >= 15 is 0 Å². The van der Waals surface area contributed by atoms with Gasteiger partial charge >= 0.3 is 0 Å². The van der Waals surface area contributed by atoms with Gasteiger partial charge in [0, 0.05) is 25.3 Å². The number of rotatable bonds is 8. The van der Waals surface area contributed by atoms with E-state index in [9.17, 15) is 13.2 Å². The standard InChI is InChI=1S/C26H29N3O3S/c1-21-9-13-24(14-10-21)29(33(31,32)25-7-3-2-4-8-25)20-26(30)27-19-22-11-15-23(16-12-22)28-17-5-6-18-28/h2-4,7-16H,5-6,17-20H2,1H3,(H,27,30). The Hall–Kier alpha value is -3.32. The molecule has 172 valence electrons. The highest BCUT2D eigenvalue weighted by Gasteiger charge is 2.27. The molecule has 1 saturated heterocycles. The van der Waals surface area contributed by atoms with E-state index in [1.807, 2.05) is 31.2 Å². The molecule has 3 aromatic carbocycles. The lowest BCUT2D eigenvalue weighted by atomic mass is 10.2. The largest absolute Gasteiger partial charge is 0.372 e. The lowest BCUT2D eigenvalue weighted by Gasteiger charge is -2.24. The van der Waals surface area contributed by atoms with Crippen LogP contribution in [0.1, 0.15) is 24.0 Å². The van der Waals surface area contributed by atoms with Crippen molar-refractivity contribution in [3.63, 3.8) is 0 Å². The summed E-state index contributed by atoms with van der Waals surface area (Å²) in [6.45, 7) is 4.14. The van der Waals surface area contributed by atoms with Crippen LogP contribution in [-0.4, -0.2) is 34.0 Å². The van der Waals surface area contributed by atoms with Gasteiger partial charge in [-0.1, -0.05) is 48.0 Å². The molecule has 0 spiro atoms. The number of aryl methyl sites for hydroxylation is 1. The number of hydrogen-bond acceptors (Lipinski definition) is 4. The minimum atomic E-state index is -3.89. The van der Waals surface area contributed by atoms with Crippen molar-refractivity contribution in [2.75, 3.05) is 28.8 Å². The van der Waals surface area contributed by atoms with Gasteiger partial charge in [0.05, 0.1) is 10.6 Å². The molecule has 1 N–H and O–H groups in total. The fraction of sp³-hybridized carbons (Fsp3) is 0.269. The number of sulfonamides is 1. The third kappa shape index (κ3) is 5.54. The first-order valence-electron chi connectivity index (χ1n) is 11.2. The quantitative estimate of drug-likeness (QED) is 0.546. The third-order valence-corrected chi connectivity index (χ3v) is 7.63. The minimum Gasteiger partial charge on any atom is -0.372 e. The molecule has 1 fully saturated rings. The third-order valence-electron chi connectivity index (χ3n) is 5.84. The molecule has 4 rings (SSSR count). The van der Waals surface area contributed by atoms with Crippen LogP contribution in [0.3, 0.4) is 0 Å². The van der Waals surface area contributed by atoms with Crippen molar-refractivity contribution in [3.8, 4) is 0 Å². The van der Waals surface area contributed by atoms with Crippen molar-refractivity contribution in [1.29, 1.82) is 0 Å². The Morgan fingerprint density at radius 2 is 1.55 bits per heavy atom. The van der Waals surface area contributed by atoms with Crippen LogP contribution >= 0.6 is 0 Å².